The van der Waals surface area contributed by atoms with Crippen LogP contribution in [0.2, 0.25) is 0 Å². The van der Waals surface area contributed by atoms with Crippen molar-refractivity contribution in [1.82, 2.24) is 10.3 Å². The summed E-state index contributed by atoms with van der Waals surface area (Å²) in [6.07, 6.45) is 5.68. The quantitative estimate of drug-likeness (QED) is 0.808. The van der Waals surface area contributed by atoms with Crippen LogP contribution in [-0.4, -0.2) is 16.6 Å². The highest BCUT2D eigenvalue weighted by Crippen LogP contribution is 2.28. The molecule has 0 fully saturated rings. The number of nitrogens with one attached hydrogen (secondary N) is 1. The van der Waals surface area contributed by atoms with Crippen molar-refractivity contribution >= 4 is 23.0 Å². The highest BCUT2D eigenvalue weighted by molar-refractivity contribution is 7.80. The first-order chi connectivity index (χ1) is 11.2. The van der Waals surface area contributed by atoms with Gasteiger partial charge in [0, 0.05) is 24.6 Å². The van der Waals surface area contributed by atoms with E-state index < -0.39 is 0 Å². The van der Waals surface area contributed by atoms with Crippen molar-refractivity contribution in [2.45, 2.75) is 40.2 Å². The maximum Gasteiger partial charge on any atom is 0.173 e. The van der Waals surface area contributed by atoms with Crippen LogP contribution in [0.15, 0.2) is 42.7 Å². The van der Waals surface area contributed by atoms with E-state index >= 15 is 0 Å². The predicted molar refractivity (Wildman–Crippen MR) is 102 cm³/mol. The molecular weight excluding hydrogens is 302 g/mol. The number of para-hydroxylation sites is 1. The molecule has 1 heterocycles. The molecule has 1 N–H and O–H groups in total. The van der Waals surface area contributed by atoms with Gasteiger partial charge in [-0.1, -0.05) is 38.1 Å². The Morgan fingerprint density at radius 3 is 2.30 bits per heavy atom. The summed E-state index contributed by atoms with van der Waals surface area (Å²) in [5.74, 6) is 0. The highest BCUT2D eigenvalue weighted by Gasteiger charge is 2.18. The van der Waals surface area contributed by atoms with Crippen LogP contribution in [0.5, 0.6) is 0 Å². The van der Waals surface area contributed by atoms with Crippen molar-refractivity contribution in [3.05, 3.63) is 59.4 Å². The lowest BCUT2D eigenvalue weighted by atomic mass is 10.0. The van der Waals surface area contributed by atoms with Gasteiger partial charge in [0.1, 0.15) is 0 Å². The molecule has 0 unspecified atom stereocenters. The fourth-order valence-electron chi connectivity index (χ4n) is 2.74. The molecule has 122 valence electrons. The summed E-state index contributed by atoms with van der Waals surface area (Å²) in [6, 6.07) is 10.6. The minimum Gasteiger partial charge on any atom is -0.363 e. The Balaban J connectivity index is 2.47. The second-order valence-corrected chi connectivity index (χ2v) is 5.80. The minimum absolute atomic E-state index is 0.726. The van der Waals surface area contributed by atoms with E-state index in [1.165, 1.54) is 16.8 Å². The van der Waals surface area contributed by atoms with Gasteiger partial charge in [-0.25, -0.2) is 0 Å². The molecule has 0 aliphatic heterocycles. The Kier molecular flexibility index (Phi) is 6.53. The average Bonchev–Trinajstić information content (AvgIpc) is 2.60. The second-order valence-electron chi connectivity index (χ2n) is 5.41. The molecule has 0 atom stereocenters. The van der Waals surface area contributed by atoms with E-state index in [1.54, 1.807) is 6.20 Å². The summed E-state index contributed by atoms with van der Waals surface area (Å²) in [5.41, 5.74) is 5.05. The molecular formula is C19H25N3S. The summed E-state index contributed by atoms with van der Waals surface area (Å²) >= 11 is 5.67. The van der Waals surface area contributed by atoms with Gasteiger partial charge >= 0.3 is 0 Å². The lowest BCUT2D eigenvalue weighted by molar-refractivity contribution is 0.893. The van der Waals surface area contributed by atoms with Crippen LogP contribution in [0.3, 0.4) is 0 Å². The molecule has 0 aliphatic carbocycles. The number of anilines is 1. The zero-order chi connectivity index (χ0) is 16.7. The number of thiocarbonyl (C=S) groups is 1. The molecule has 0 bridgehead atoms. The van der Waals surface area contributed by atoms with Crippen molar-refractivity contribution in [2.75, 3.05) is 11.4 Å². The minimum atomic E-state index is 0.726. The van der Waals surface area contributed by atoms with E-state index in [-0.39, 0.29) is 0 Å². The van der Waals surface area contributed by atoms with E-state index in [1.807, 2.05) is 12.3 Å². The summed E-state index contributed by atoms with van der Waals surface area (Å²) in [6.45, 7) is 8.00. The predicted octanol–water partition coefficient (Wildman–Crippen LogP) is 4.11. The van der Waals surface area contributed by atoms with Crippen LogP contribution in [0, 0.1) is 0 Å². The normalized spacial score (nSPS) is 10.4. The second kappa shape index (κ2) is 8.63. The molecule has 23 heavy (non-hydrogen) atoms. The number of rotatable bonds is 6. The highest BCUT2D eigenvalue weighted by atomic mass is 32.1. The fourth-order valence-corrected chi connectivity index (χ4v) is 3.04. The molecule has 1 aromatic heterocycles. The van der Waals surface area contributed by atoms with Gasteiger partial charge in [0.05, 0.1) is 6.54 Å². The number of hydrogen-bond donors (Lipinski definition) is 1. The number of benzene rings is 1. The van der Waals surface area contributed by atoms with Crippen molar-refractivity contribution in [2.24, 2.45) is 0 Å². The van der Waals surface area contributed by atoms with Gasteiger partial charge in [0.2, 0.25) is 0 Å². The van der Waals surface area contributed by atoms with Gasteiger partial charge in [-0.05, 0) is 54.7 Å². The molecule has 3 nitrogen and oxygen atoms in total. The van der Waals surface area contributed by atoms with E-state index in [2.05, 4.69) is 60.2 Å². The molecule has 2 aromatic rings. The van der Waals surface area contributed by atoms with Crippen LogP contribution in [0.1, 0.15) is 37.5 Å². The smallest absolute Gasteiger partial charge is 0.173 e. The van der Waals surface area contributed by atoms with Crippen molar-refractivity contribution in [1.29, 1.82) is 0 Å². The lowest BCUT2D eigenvalue weighted by Crippen LogP contribution is -2.40. The van der Waals surface area contributed by atoms with Gasteiger partial charge in [-0.3, -0.25) is 4.98 Å². The summed E-state index contributed by atoms with van der Waals surface area (Å²) in [4.78, 5) is 6.45. The van der Waals surface area contributed by atoms with E-state index in [9.17, 15) is 0 Å². The molecule has 0 amide bonds. The number of aromatic nitrogens is 1. The summed E-state index contributed by atoms with van der Waals surface area (Å²) < 4.78 is 0. The van der Waals surface area contributed by atoms with E-state index in [0.29, 0.717) is 0 Å². The first-order valence-electron chi connectivity index (χ1n) is 8.26. The molecule has 2 rings (SSSR count). The van der Waals surface area contributed by atoms with Gasteiger partial charge in [-0.15, -0.1) is 0 Å². The summed E-state index contributed by atoms with van der Waals surface area (Å²) in [7, 11) is 0. The van der Waals surface area contributed by atoms with Crippen LogP contribution < -0.4 is 10.2 Å². The van der Waals surface area contributed by atoms with Crippen LogP contribution in [0.25, 0.3) is 0 Å². The molecule has 0 saturated heterocycles. The number of aryl methyl sites for hydroxylation is 2. The van der Waals surface area contributed by atoms with Crippen molar-refractivity contribution in [3.8, 4) is 0 Å². The first-order valence-corrected chi connectivity index (χ1v) is 8.67. The van der Waals surface area contributed by atoms with E-state index in [4.69, 9.17) is 12.2 Å². The molecule has 0 saturated carbocycles. The third kappa shape index (κ3) is 4.29. The van der Waals surface area contributed by atoms with Crippen molar-refractivity contribution < 1.29 is 0 Å². The first kappa shape index (κ1) is 17.4. The van der Waals surface area contributed by atoms with Crippen molar-refractivity contribution in [3.63, 3.8) is 0 Å². The third-order valence-electron chi connectivity index (χ3n) is 3.87. The van der Waals surface area contributed by atoms with Crippen LogP contribution in [-0.2, 0) is 19.4 Å². The van der Waals surface area contributed by atoms with Gasteiger partial charge in [0.15, 0.2) is 5.11 Å². The SMILES string of the molecule is CCNC(=S)N(Cc1cccnc1)c1c(CC)cccc1CC. The Hall–Kier alpha value is -1.94. The largest absolute Gasteiger partial charge is 0.363 e. The maximum absolute atomic E-state index is 5.67. The maximum atomic E-state index is 5.67. The lowest BCUT2D eigenvalue weighted by Gasteiger charge is -2.30. The van der Waals surface area contributed by atoms with Crippen LogP contribution >= 0.6 is 12.2 Å². The molecule has 0 aliphatic rings. The molecule has 1 aromatic carbocycles. The van der Waals surface area contributed by atoms with Gasteiger partial charge in [0.25, 0.3) is 0 Å². The Morgan fingerprint density at radius 1 is 1.09 bits per heavy atom. The number of pyridine rings is 1. The molecule has 0 radical (unpaired) electrons. The fraction of sp³-hybridized carbons (Fsp3) is 0.368. The molecule has 4 heteroatoms. The Labute approximate surface area is 144 Å². The van der Waals surface area contributed by atoms with Gasteiger partial charge < -0.3 is 10.2 Å². The zero-order valence-electron chi connectivity index (χ0n) is 14.2. The monoisotopic (exact) mass is 327 g/mol. The standard InChI is InChI=1S/C19H25N3S/c1-4-16-10-7-11-17(5-2)18(16)22(19(23)21-6-3)14-15-9-8-12-20-13-15/h7-13H,4-6,14H2,1-3H3,(H,21,23). The summed E-state index contributed by atoms with van der Waals surface area (Å²) in [5, 5.41) is 4.07. The zero-order valence-corrected chi connectivity index (χ0v) is 15.0. The van der Waals surface area contributed by atoms with Gasteiger partial charge in [-0.2, -0.15) is 0 Å². The average molecular weight is 327 g/mol. The number of hydrogen-bond acceptors (Lipinski definition) is 2. The third-order valence-corrected chi connectivity index (χ3v) is 4.24. The van der Waals surface area contributed by atoms with E-state index in [0.717, 1.165) is 36.6 Å². The van der Waals surface area contributed by atoms with Crippen LogP contribution in [0.4, 0.5) is 5.69 Å². The topological polar surface area (TPSA) is 28.2 Å². The number of nitrogens with zero attached hydrogens (tertiary/aromatic N) is 2. The Morgan fingerprint density at radius 2 is 1.78 bits per heavy atom. The Bertz CT molecular complexity index is 618. The molecule has 0 spiro atoms.